The zero-order valence-electron chi connectivity index (χ0n) is 13.0. The van der Waals surface area contributed by atoms with E-state index in [1.54, 1.807) is 14.0 Å². The summed E-state index contributed by atoms with van der Waals surface area (Å²) in [5, 5.41) is 19.2. The normalized spacial score (nSPS) is 18.4. The van der Waals surface area contributed by atoms with Crippen LogP contribution in [0.2, 0.25) is 0 Å². The molecular formula is C16H26N2O3. The summed E-state index contributed by atoms with van der Waals surface area (Å²) in [6.07, 6.45) is 0.490. The molecule has 0 aliphatic carbocycles. The van der Waals surface area contributed by atoms with Gasteiger partial charge in [-0.15, -0.1) is 0 Å². The third-order valence-electron chi connectivity index (χ3n) is 4.03. The van der Waals surface area contributed by atoms with Crippen molar-refractivity contribution in [1.29, 1.82) is 0 Å². The summed E-state index contributed by atoms with van der Waals surface area (Å²) in [4.78, 5) is 4.59. The molecule has 118 valence electrons. The molecule has 1 atom stereocenters. The molecule has 0 amide bonds. The van der Waals surface area contributed by atoms with Crippen LogP contribution in [-0.4, -0.2) is 61.6 Å². The lowest BCUT2D eigenvalue weighted by molar-refractivity contribution is 0.194. The fourth-order valence-electron chi connectivity index (χ4n) is 2.98. The average molecular weight is 294 g/mol. The Hall–Kier alpha value is -1.30. The molecule has 1 heterocycles. The quantitative estimate of drug-likeness (QED) is 0.856. The Bertz CT molecular complexity index is 451. The molecule has 0 saturated carbocycles. The smallest absolute Gasteiger partial charge is 0.126 e. The van der Waals surface area contributed by atoms with Gasteiger partial charge in [0.1, 0.15) is 5.75 Å². The van der Waals surface area contributed by atoms with E-state index in [9.17, 15) is 5.11 Å². The van der Waals surface area contributed by atoms with Gasteiger partial charge in [-0.1, -0.05) is 6.07 Å². The van der Waals surface area contributed by atoms with Gasteiger partial charge in [-0.05, 0) is 32.0 Å². The molecule has 2 N–H and O–H groups in total. The summed E-state index contributed by atoms with van der Waals surface area (Å²) >= 11 is 0. The van der Waals surface area contributed by atoms with Gasteiger partial charge >= 0.3 is 0 Å². The number of β-amino-alcohol motifs (C(OH)–C–C–N with tert-alkyl or cyclic N) is 1. The molecule has 0 aromatic heterocycles. The van der Waals surface area contributed by atoms with Gasteiger partial charge in [0.05, 0.1) is 19.8 Å². The number of hydrogen-bond acceptors (Lipinski definition) is 5. The molecule has 1 saturated heterocycles. The number of hydrogen-bond donors (Lipinski definition) is 2. The van der Waals surface area contributed by atoms with Crippen molar-refractivity contribution < 1.29 is 14.9 Å². The highest BCUT2D eigenvalue weighted by Crippen LogP contribution is 2.34. The Kier molecular flexibility index (Phi) is 5.85. The summed E-state index contributed by atoms with van der Waals surface area (Å²) in [5.74, 6) is 0.735. The van der Waals surface area contributed by atoms with Gasteiger partial charge in [0.15, 0.2) is 0 Å². The van der Waals surface area contributed by atoms with Crippen molar-refractivity contribution in [3.8, 4) is 5.75 Å². The lowest BCUT2D eigenvalue weighted by atomic mass is 10.1. The summed E-state index contributed by atoms with van der Waals surface area (Å²) in [7, 11) is 1.64. The van der Waals surface area contributed by atoms with E-state index < -0.39 is 6.10 Å². The third kappa shape index (κ3) is 3.87. The van der Waals surface area contributed by atoms with Crippen LogP contribution >= 0.6 is 0 Å². The second-order valence-corrected chi connectivity index (χ2v) is 5.47. The zero-order chi connectivity index (χ0) is 15.2. The molecule has 5 heteroatoms. The molecule has 0 bridgehead atoms. The standard InChI is InChI=1S/C16H26N2O3/c1-13(20)16-14(5-3-6-15(16)21-2)18-8-4-7-17(9-10-18)11-12-19/h3,5-6,13,19-20H,4,7-12H2,1-2H3/t13-/m1/s1. The predicted octanol–water partition coefficient (Wildman–Crippen LogP) is 1.25. The van der Waals surface area contributed by atoms with Crippen molar-refractivity contribution in [2.75, 3.05) is 51.3 Å². The largest absolute Gasteiger partial charge is 0.496 e. The summed E-state index contributed by atoms with van der Waals surface area (Å²) in [6, 6.07) is 5.91. The van der Waals surface area contributed by atoms with Crippen LogP contribution in [0.15, 0.2) is 18.2 Å². The van der Waals surface area contributed by atoms with Crippen LogP contribution in [-0.2, 0) is 0 Å². The number of ether oxygens (including phenoxy) is 1. The van der Waals surface area contributed by atoms with E-state index in [1.165, 1.54) is 0 Å². The van der Waals surface area contributed by atoms with Gasteiger partial charge < -0.3 is 19.8 Å². The van der Waals surface area contributed by atoms with Crippen LogP contribution in [0.5, 0.6) is 5.75 Å². The fourth-order valence-corrected chi connectivity index (χ4v) is 2.98. The first kappa shape index (κ1) is 16.1. The second-order valence-electron chi connectivity index (χ2n) is 5.47. The molecule has 0 unspecified atom stereocenters. The highest BCUT2D eigenvalue weighted by atomic mass is 16.5. The Morgan fingerprint density at radius 2 is 2.05 bits per heavy atom. The average Bonchev–Trinajstić information content (AvgIpc) is 2.72. The summed E-state index contributed by atoms with van der Waals surface area (Å²) in [6.45, 7) is 6.49. The van der Waals surface area contributed by atoms with E-state index in [0.29, 0.717) is 0 Å². The van der Waals surface area contributed by atoms with E-state index in [1.807, 2.05) is 18.2 Å². The van der Waals surface area contributed by atoms with Gasteiger partial charge in [0.2, 0.25) is 0 Å². The van der Waals surface area contributed by atoms with Crippen LogP contribution in [0.25, 0.3) is 0 Å². The van der Waals surface area contributed by atoms with Gasteiger partial charge in [0.25, 0.3) is 0 Å². The minimum atomic E-state index is -0.562. The Labute approximate surface area is 126 Å². The maximum Gasteiger partial charge on any atom is 0.126 e. The SMILES string of the molecule is COc1cccc(N2CCCN(CCO)CC2)c1[C@@H](C)O. The Morgan fingerprint density at radius 1 is 1.24 bits per heavy atom. The van der Waals surface area contributed by atoms with Crippen LogP contribution in [0.1, 0.15) is 25.0 Å². The molecule has 1 aromatic carbocycles. The molecule has 1 aromatic rings. The molecule has 1 aliphatic heterocycles. The maximum absolute atomic E-state index is 10.1. The predicted molar refractivity (Wildman–Crippen MR) is 84.0 cm³/mol. The molecule has 0 spiro atoms. The number of aliphatic hydroxyl groups is 2. The molecule has 21 heavy (non-hydrogen) atoms. The van der Waals surface area contributed by atoms with Gasteiger partial charge in [-0.25, -0.2) is 0 Å². The van der Waals surface area contributed by atoms with E-state index in [-0.39, 0.29) is 6.61 Å². The van der Waals surface area contributed by atoms with Crippen LogP contribution in [0.3, 0.4) is 0 Å². The van der Waals surface area contributed by atoms with Gasteiger partial charge in [-0.3, -0.25) is 4.90 Å². The van der Waals surface area contributed by atoms with E-state index >= 15 is 0 Å². The van der Waals surface area contributed by atoms with Crippen molar-refractivity contribution in [2.45, 2.75) is 19.4 Å². The molecule has 1 aliphatic rings. The van der Waals surface area contributed by atoms with Gasteiger partial charge in [0, 0.05) is 37.4 Å². The highest BCUT2D eigenvalue weighted by Gasteiger charge is 2.21. The number of nitrogens with zero attached hydrogens (tertiary/aromatic N) is 2. The van der Waals surface area contributed by atoms with E-state index in [2.05, 4.69) is 9.80 Å². The first-order chi connectivity index (χ1) is 10.2. The number of anilines is 1. The zero-order valence-corrected chi connectivity index (χ0v) is 13.0. The van der Waals surface area contributed by atoms with Crippen molar-refractivity contribution in [3.63, 3.8) is 0 Å². The molecule has 0 radical (unpaired) electrons. The van der Waals surface area contributed by atoms with Crippen molar-refractivity contribution in [2.24, 2.45) is 0 Å². The van der Waals surface area contributed by atoms with Gasteiger partial charge in [-0.2, -0.15) is 0 Å². The van der Waals surface area contributed by atoms with Crippen LogP contribution in [0, 0.1) is 0 Å². The van der Waals surface area contributed by atoms with E-state index in [4.69, 9.17) is 9.84 Å². The number of aliphatic hydroxyl groups excluding tert-OH is 2. The lowest BCUT2D eigenvalue weighted by Gasteiger charge is -2.27. The lowest BCUT2D eigenvalue weighted by Crippen LogP contribution is -2.32. The Balaban J connectivity index is 2.21. The highest BCUT2D eigenvalue weighted by molar-refractivity contribution is 5.60. The molecule has 5 nitrogen and oxygen atoms in total. The van der Waals surface area contributed by atoms with E-state index in [0.717, 1.165) is 56.1 Å². The van der Waals surface area contributed by atoms with Crippen molar-refractivity contribution in [1.82, 2.24) is 4.90 Å². The molecule has 1 fully saturated rings. The third-order valence-corrected chi connectivity index (χ3v) is 4.03. The first-order valence-electron chi connectivity index (χ1n) is 7.60. The van der Waals surface area contributed by atoms with Crippen molar-refractivity contribution in [3.05, 3.63) is 23.8 Å². The van der Waals surface area contributed by atoms with Crippen molar-refractivity contribution >= 4 is 5.69 Å². The molecule has 2 rings (SSSR count). The molecular weight excluding hydrogens is 268 g/mol. The minimum absolute atomic E-state index is 0.206. The van der Waals surface area contributed by atoms with Crippen LogP contribution in [0.4, 0.5) is 5.69 Å². The Morgan fingerprint density at radius 3 is 2.71 bits per heavy atom. The number of benzene rings is 1. The monoisotopic (exact) mass is 294 g/mol. The summed E-state index contributed by atoms with van der Waals surface area (Å²) in [5.41, 5.74) is 1.91. The maximum atomic E-state index is 10.1. The minimum Gasteiger partial charge on any atom is -0.496 e. The second kappa shape index (κ2) is 7.64. The summed E-state index contributed by atoms with van der Waals surface area (Å²) < 4.78 is 5.40. The fraction of sp³-hybridized carbons (Fsp3) is 0.625. The number of rotatable bonds is 5. The topological polar surface area (TPSA) is 56.2 Å². The first-order valence-corrected chi connectivity index (χ1v) is 7.60. The van der Waals surface area contributed by atoms with Crippen LogP contribution < -0.4 is 9.64 Å². The number of methoxy groups -OCH3 is 1.